The van der Waals surface area contributed by atoms with Gasteiger partial charge in [0.1, 0.15) is 0 Å². The van der Waals surface area contributed by atoms with Gasteiger partial charge in [0.2, 0.25) is 0 Å². The summed E-state index contributed by atoms with van der Waals surface area (Å²) in [4.78, 5) is 0. The number of hydrogen-bond acceptors (Lipinski definition) is 0. The van der Waals surface area contributed by atoms with E-state index in [2.05, 4.69) is 78.9 Å². The molecule has 0 aliphatic carbocycles. The molecule has 0 unspecified atom stereocenters. The molecule has 0 fully saturated rings. The van der Waals surface area contributed by atoms with Gasteiger partial charge in [0.15, 0.2) is 0 Å². The largest absolute Gasteiger partial charge is 0.142 e. The predicted octanol–water partition coefficient (Wildman–Crippen LogP) is 4.38. The Morgan fingerprint density at radius 1 is 1.00 bits per heavy atom. The molecule has 0 heterocycles. The van der Waals surface area contributed by atoms with Crippen molar-refractivity contribution in [1.82, 2.24) is 0 Å². The fourth-order valence-corrected chi connectivity index (χ4v) is 2.27. The van der Waals surface area contributed by atoms with Crippen LogP contribution >= 0.6 is 22.6 Å². The van der Waals surface area contributed by atoms with Gasteiger partial charge in [0, 0.05) is 31.1 Å². The molecule has 0 nitrogen and oxygen atoms in total. The van der Waals surface area contributed by atoms with Crippen molar-refractivity contribution >= 4 is 22.6 Å². The molecule has 0 radical (unpaired) electrons. The molecule has 0 amide bonds. The van der Waals surface area contributed by atoms with E-state index in [0.717, 1.165) is 0 Å². The van der Waals surface area contributed by atoms with Gasteiger partial charge in [-0.15, -0.1) is 34.9 Å². The molecule has 16 heavy (non-hydrogen) atoms. The van der Waals surface area contributed by atoms with Crippen LogP contribution in [0.25, 0.3) is 11.1 Å². The van der Waals surface area contributed by atoms with E-state index in [1.165, 1.54) is 25.8 Å². The summed E-state index contributed by atoms with van der Waals surface area (Å²) >= 11 is 2.37. The van der Waals surface area contributed by atoms with Crippen LogP contribution in [-0.4, -0.2) is 0 Å². The third-order valence-electron chi connectivity index (χ3n) is 2.44. The Balaban J connectivity index is 0.00000128. The van der Waals surface area contributed by atoms with Gasteiger partial charge in [-0.25, -0.2) is 0 Å². The zero-order chi connectivity index (χ0) is 10.8. The Morgan fingerprint density at radius 3 is 2.38 bits per heavy atom. The molecule has 2 rings (SSSR count). The first-order valence-electron chi connectivity index (χ1n) is 4.93. The molecule has 0 N–H and O–H groups in total. The summed E-state index contributed by atoms with van der Waals surface area (Å²) in [5.74, 6) is 0. The second kappa shape index (κ2) is 6.23. The quantitative estimate of drug-likeness (QED) is 0.369. The molecule has 2 aromatic carbocycles. The summed E-state index contributed by atoms with van der Waals surface area (Å²) in [5.41, 5.74) is 4.97. The fraction of sp³-hybridized carbons (Fsp3) is 0.143. The van der Waals surface area contributed by atoms with E-state index in [1.807, 2.05) is 0 Å². The number of hydrogen-bond donors (Lipinski definition) is 0. The Labute approximate surface area is 134 Å². The summed E-state index contributed by atoms with van der Waals surface area (Å²) in [6.07, 6.45) is 0. The molecule has 0 atom stereocenters. The molecule has 2 aromatic rings. The van der Waals surface area contributed by atoms with Gasteiger partial charge in [-0.1, -0.05) is 66.3 Å². The molecular weight excluding hydrogens is 533 g/mol. The van der Waals surface area contributed by atoms with Gasteiger partial charge in [-0.2, -0.15) is 0 Å². The fourth-order valence-electron chi connectivity index (χ4n) is 1.61. The summed E-state index contributed by atoms with van der Waals surface area (Å²) in [5, 5.41) is 0. The van der Waals surface area contributed by atoms with Crippen molar-refractivity contribution in [1.29, 1.82) is 0 Å². The van der Waals surface area contributed by atoms with Crippen LogP contribution in [0, 0.1) is 54.6 Å². The second-order valence-corrected chi connectivity index (χ2v) is 4.84. The van der Waals surface area contributed by atoms with Crippen molar-refractivity contribution in [2.24, 2.45) is 0 Å². The van der Waals surface area contributed by atoms with E-state index in [9.17, 15) is 0 Å². The van der Waals surface area contributed by atoms with Gasteiger partial charge in [0.25, 0.3) is 0 Å². The Hall–Kier alpha value is 0.222. The van der Waals surface area contributed by atoms with E-state index >= 15 is 0 Å². The Kier molecular flexibility index (Phi) is 5.57. The first-order chi connectivity index (χ1) is 7.18. The van der Waals surface area contributed by atoms with Gasteiger partial charge < -0.3 is 0 Å². The first-order valence-corrected chi connectivity index (χ1v) is 6.01. The summed E-state index contributed by atoms with van der Waals surface area (Å²) in [6, 6.07) is 16.1. The topological polar surface area (TPSA) is 0 Å². The van der Waals surface area contributed by atoms with Crippen LogP contribution in [0.4, 0.5) is 0 Å². The van der Waals surface area contributed by atoms with Gasteiger partial charge in [-0.05, 0) is 3.57 Å². The third kappa shape index (κ3) is 3.12. The van der Waals surface area contributed by atoms with Gasteiger partial charge in [-0.3, -0.25) is 0 Å². The van der Waals surface area contributed by atoms with Crippen molar-refractivity contribution in [3.05, 3.63) is 57.2 Å². The maximum Gasteiger partial charge on any atom is 0 e. The summed E-state index contributed by atoms with van der Waals surface area (Å²) in [6.45, 7) is 4.22. The maximum absolute atomic E-state index is 3.43. The van der Waals surface area contributed by atoms with Crippen molar-refractivity contribution in [3.8, 4) is 11.1 Å². The minimum atomic E-state index is 0. The zero-order valence-corrected chi connectivity index (χ0v) is 15.7. The smallest absolute Gasteiger partial charge is 0 e. The number of aryl methyl sites for hydroxylation is 2. The van der Waals surface area contributed by atoms with E-state index in [1.54, 1.807) is 0 Å². The van der Waals surface area contributed by atoms with E-state index in [4.69, 9.17) is 0 Å². The molecule has 0 spiro atoms. The maximum atomic E-state index is 3.43. The minimum Gasteiger partial charge on any atom is -0.142 e. The molecule has 0 bridgehead atoms. The van der Waals surface area contributed by atoms with Crippen LogP contribution in [0.5, 0.6) is 0 Å². The van der Waals surface area contributed by atoms with Crippen LogP contribution in [0.2, 0.25) is 0 Å². The van der Waals surface area contributed by atoms with Crippen LogP contribution in [0.1, 0.15) is 11.1 Å². The molecule has 0 saturated heterocycles. The minimum absolute atomic E-state index is 0. The van der Waals surface area contributed by atoms with Gasteiger partial charge in [0.05, 0.1) is 0 Å². The van der Waals surface area contributed by atoms with E-state index in [-0.39, 0.29) is 31.1 Å². The number of halogens is 1. The standard InChI is InChI=1S/C14H12I.U/c1-10-7-8-11(2)13(9-10)12-5-3-4-6-14(12)15;/h3-8H,1-2H3;/q-1;. The zero-order valence-electron chi connectivity index (χ0n) is 9.34. The molecule has 0 aliphatic rings. The van der Waals surface area contributed by atoms with Crippen LogP contribution in [-0.2, 0) is 0 Å². The third-order valence-corrected chi connectivity index (χ3v) is 3.38. The number of rotatable bonds is 1. The molecule has 2 heteroatoms. The molecule has 80 valence electrons. The second-order valence-electron chi connectivity index (χ2n) is 3.68. The average molecular weight is 545 g/mol. The SMILES string of the molecule is Cc1[c-]c(-c2ccccc2I)c(C)cc1.[U]. The monoisotopic (exact) mass is 545 g/mol. The van der Waals surface area contributed by atoms with E-state index in [0.29, 0.717) is 0 Å². The van der Waals surface area contributed by atoms with Crippen molar-refractivity contribution in [3.63, 3.8) is 0 Å². The first kappa shape index (κ1) is 14.3. The Morgan fingerprint density at radius 2 is 1.69 bits per heavy atom. The van der Waals surface area contributed by atoms with Crippen LogP contribution in [0.3, 0.4) is 0 Å². The Bertz CT molecular complexity index is 492. The van der Waals surface area contributed by atoms with Crippen LogP contribution in [0.15, 0.2) is 36.4 Å². The van der Waals surface area contributed by atoms with Gasteiger partial charge >= 0.3 is 0 Å². The van der Waals surface area contributed by atoms with E-state index < -0.39 is 0 Å². The molecule has 0 saturated carbocycles. The summed E-state index contributed by atoms with van der Waals surface area (Å²) in [7, 11) is 0. The van der Waals surface area contributed by atoms with Crippen molar-refractivity contribution < 1.29 is 31.1 Å². The van der Waals surface area contributed by atoms with Crippen molar-refractivity contribution in [2.75, 3.05) is 0 Å². The van der Waals surface area contributed by atoms with Crippen LogP contribution < -0.4 is 0 Å². The summed E-state index contributed by atoms with van der Waals surface area (Å²) < 4.78 is 1.28. The molecule has 0 aliphatic heterocycles. The molecular formula is C14H12IU-. The molecule has 0 aromatic heterocycles. The normalized spacial score (nSPS) is 9.69. The van der Waals surface area contributed by atoms with Crippen molar-refractivity contribution in [2.45, 2.75) is 13.8 Å². The number of benzene rings is 2. The average Bonchev–Trinajstić information content (AvgIpc) is 2.23. The predicted molar refractivity (Wildman–Crippen MR) is 72.9 cm³/mol.